The number of nitrogens with one attached hydrogen (secondary N) is 1. The number of halogens is 2. The molecule has 0 radical (unpaired) electrons. The van der Waals surface area contributed by atoms with Gasteiger partial charge in [-0.3, -0.25) is 5.32 Å². The third-order valence-electron chi connectivity index (χ3n) is 2.87. The van der Waals surface area contributed by atoms with Crippen molar-refractivity contribution >= 4 is 24.8 Å². The van der Waals surface area contributed by atoms with E-state index in [0.29, 0.717) is 6.79 Å². The molecule has 1 aromatic carbocycles. The number of rotatable bonds is 0. The Morgan fingerprint density at radius 1 is 1.12 bits per heavy atom. The average Bonchev–Trinajstić information content (AvgIpc) is 2.61. The maximum absolute atomic E-state index is 5.58. The lowest BCUT2D eigenvalue weighted by molar-refractivity contribution is 0.0325. The van der Waals surface area contributed by atoms with Crippen LogP contribution in [0.15, 0.2) is 24.3 Å². The smallest absolute Gasteiger partial charge is 0.150 e. The molecule has 90 valence electrons. The number of ether oxygens (including phenoxy) is 2. The third kappa shape index (κ3) is 2.34. The largest absolute Gasteiger partial charge is 0.343 e. The summed E-state index contributed by atoms with van der Waals surface area (Å²) in [5.74, 6) is 0. The number of hydrogen-bond donors (Lipinski definition) is 1. The topological polar surface area (TPSA) is 30.5 Å². The zero-order valence-electron chi connectivity index (χ0n) is 8.72. The summed E-state index contributed by atoms with van der Waals surface area (Å²) in [6, 6.07) is 8.44. The first-order valence-electron chi connectivity index (χ1n) is 4.99. The van der Waals surface area contributed by atoms with Gasteiger partial charge in [0.1, 0.15) is 19.1 Å². The second-order valence-electron chi connectivity index (χ2n) is 3.70. The van der Waals surface area contributed by atoms with E-state index in [-0.39, 0.29) is 37.1 Å². The van der Waals surface area contributed by atoms with Crippen molar-refractivity contribution in [2.24, 2.45) is 0 Å². The van der Waals surface area contributed by atoms with E-state index < -0.39 is 0 Å². The van der Waals surface area contributed by atoms with Gasteiger partial charge in [-0.15, -0.1) is 24.8 Å². The van der Waals surface area contributed by atoms with Crippen LogP contribution in [0.2, 0.25) is 0 Å². The second-order valence-corrected chi connectivity index (χ2v) is 3.70. The van der Waals surface area contributed by atoms with Gasteiger partial charge in [0, 0.05) is 6.54 Å². The van der Waals surface area contributed by atoms with Gasteiger partial charge < -0.3 is 9.47 Å². The molecule has 0 amide bonds. The van der Waals surface area contributed by atoms with Crippen molar-refractivity contribution in [1.29, 1.82) is 0 Å². The number of fused-ring (bicyclic) bond motifs is 3. The third-order valence-corrected chi connectivity index (χ3v) is 2.87. The van der Waals surface area contributed by atoms with Crippen LogP contribution in [0.1, 0.15) is 17.2 Å². The summed E-state index contributed by atoms with van der Waals surface area (Å²) < 4.78 is 11.0. The molecule has 3 rings (SSSR count). The van der Waals surface area contributed by atoms with Gasteiger partial charge in [-0.25, -0.2) is 0 Å². The Morgan fingerprint density at radius 2 is 1.94 bits per heavy atom. The molecule has 2 unspecified atom stereocenters. The Morgan fingerprint density at radius 3 is 2.81 bits per heavy atom. The van der Waals surface area contributed by atoms with Gasteiger partial charge >= 0.3 is 0 Å². The minimum Gasteiger partial charge on any atom is -0.343 e. The standard InChI is InChI=1S/C11H13NO2.2ClH/c1-2-4-9-8(3-1)5-6-12-11-10(9)13-7-14-11;;/h1-4,10-12H,5-7H2;2*1H. The molecule has 1 aromatic rings. The van der Waals surface area contributed by atoms with Crippen LogP contribution in [0.4, 0.5) is 0 Å². The number of benzene rings is 1. The fraction of sp³-hybridized carbons (Fsp3) is 0.455. The van der Waals surface area contributed by atoms with Gasteiger partial charge in [-0.2, -0.15) is 0 Å². The van der Waals surface area contributed by atoms with Crippen LogP contribution in [0, 0.1) is 0 Å². The molecule has 0 spiro atoms. The highest BCUT2D eigenvalue weighted by Gasteiger charge is 2.33. The highest BCUT2D eigenvalue weighted by Crippen LogP contribution is 2.31. The highest BCUT2D eigenvalue weighted by atomic mass is 35.5. The molecular formula is C11H15Cl2NO2. The second kappa shape index (κ2) is 5.84. The van der Waals surface area contributed by atoms with Crippen molar-refractivity contribution in [2.75, 3.05) is 13.3 Å². The van der Waals surface area contributed by atoms with Crippen LogP contribution in [-0.4, -0.2) is 19.6 Å². The molecule has 0 saturated carbocycles. The van der Waals surface area contributed by atoms with Crippen molar-refractivity contribution in [2.45, 2.75) is 18.8 Å². The fourth-order valence-corrected chi connectivity index (χ4v) is 2.17. The van der Waals surface area contributed by atoms with E-state index >= 15 is 0 Å². The van der Waals surface area contributed by atoms with Gasteiger partial charge in [0.25, 0.3) is 0 Å². The quantitative estimate of drug-likeness (QED) is 0.778. The Hall–Kier alpha value is -0.320. The summed E-state index contributed by atoms with van der Waals surface area (Å²) in [6.45, 7) is 1.36. The van der Waals surface area contributed by atoms with Gasteiger partial charge in [-0.05, 0) is 17.5 Å². The summed E-state index contributed by atoms with van der Waals surface area (Å²) in [7, 11) is 0. The summed E-state index contributed by atoms with van der Waals surface area (Å²) in [5, 5.41) is 3.34. The van der Waals surface area contributed by atoms with Gasteiger partial charge in [0.05, 0.1) is 0 Å². The summed E-state index contributed by atoms with van der Waals surface area (Å²) in [4.78, 5) is 0. The molecule has 0 aliphatic carbocycles. The maximum Gasteiger partial charge on any atom is 0.150 e. The van der Waals surface area contributed by atoms with Crippen LogP contribution in [0.3, 0.4) is 0 Å². The predicted octanol–water partition coefficient (Wildman–Crippen LogP) is 2.05. The molecule has 2 aliphatic heterocycles. The fourth-order valence-electron chi connectivity index (χ4n) is 2.17. The molecule has 1 N–H and O–H groups in total. The molecule has 0 bridgehead atoms. The van der Waals surface area contributed by atoms with E-state index in [0.717, 1.165) is 13.0 Å². The lowest BCUT2D eigenvalue weighted by Gasteiger charge is -2.15. The molecule has 3 nitrogen and oxygen atoms in total. The van der Waals surface area contributed by atoms with Crippen molar-refractivity contribution < 1.29 is 9.47 Å². The van der Waals surface area contributed by atoms with Crippen molar-refractivity contribution in [3.8, 4) is 0 Å². The minimum atomic E-state index is 0. The van der Waals surface area contributed by atoms with Gasteiger partial charge in [0.2, 0.25) is 0 Å². The molecular weight excluding hydrogens is 249 g/mol. The van der Waals surface area contributed by atoms with Crippen LogP contribution >= 0.6 is 24.8 Å². The SMILES string of the molecule is Cl.Cl.c1ccc2c(c1)CCNC1OCOC21. The van der Waals surface area contributed by atoms with Crippen LogP contribution < -0.4 is 5.32 Å². The molecule has 16 heavy (non-hydrogen) atoms. The lowest BCUT2D eigenvalue weighted by atomic mass is 10.0. The Labute approximate surface area is 107 Å². The van der Waals surface area contributed by atoms with Crippen LogP contribution in [-0.2, 0) is 15.9 Å². The Bertz CT molecular complexity index is 349. The van der Waals surface area contributed by atoms with Crippen LogP contribution in [0.5, 0.6) is 0 Å². The first kappa shape index (κ1) is 13.7. The van der Waals surface area contributed by atoms with Crippen molar-refractivity contribution in [1.82, 2.24) is 5.32 Å². The first-order chi connectivity index (χ1) is 6.95. The van der Waals surface area contributed by atoms with Crippen molar-refractivity contribution in [3.05, 3.63) is 35.4 Å². The molecule has 1 fully saturated rings. The predicted molar refractivity (Wildman–Crippen MR) is 66.2 cm³/mol. The van der Waals surface area contributed by atoms with Crippen LogP contribution in [0.25, 0.3) is 0 Å². The van der Waals surface area contributed by atoms with E-state index in [2.05, 4.69) is 29.6 Å². The Kier molecular flexibility index (Phi) is 5.02. The summed E-state index contributed by atoms with van der Waals surface area (Å²) in [5.41, 5.74) is 2.65. The zero-order valence-corrected chi connectivity index (χ0v) is 10.4. The summed E-state index contributed by atoms with van der Waals surface area (Å²) >= 11 is 0. The molecule has 2 atom stereocenters. The average molecular weight is 264 g/mol. The van der Waals surface area contributed by atoms with E-state index in [4.69, 9.17) is 9.47 Å². The van der Waals surface area contributed by atoms with E-state index in [1.54, 1.807) is 0 Å². The normalized spacial score (nSPS) is 26.8. The Balaban J connectivity index is 0.000000640. The molecule has 1 saturated heterocycles. The molecule has 2 aliphatic rings. The zero-order chi connectivity index (χ0) is 9.38. The minimum absolute atomic E-state index is 0. The van der Waals surface area contributed by atoms with E-state index in [9.17, 15) is 0 Å². The highest BCUT2D eigenvalue weighted by molar-refractivity contribution is 5.85. The van der Waals surface area contributed by atoms with Gasteiger partial charge in [0.15, 0.2) is 0 Å². The van der Waals surface area contributed by atoms with Crippen molar-refractivity contribution in [3.63, 3.8) is 0 Å². The molecule has 0 aromatic heterocycles. The molecule has 2 heterocycles. The monoisotopic (exact) mass is 263 g/mol. The number of hydrogen-bond acceptors (Lipinski definition) is 3. The molecule has 5 heteroatoms. The van der Waals surface area contributed by atoms with E-state index in [1.807, 2.05) is 0 Å². The summed E-state index contributed by atoms with van der Waals surface area (Å²) in [6.07, 6.45) is 1.17. The maximum atomic E-state index is 5.58. The van der Waals surface area contributed by atoms with Gasteiger partial charge in [-0.1, -0.05) is 24.3 Å². The first-order valence-corrected chi connectivity index (χ1v) is 4.99. The lowest BCUT2D eigenvalue weighted by Crippen LogP contribution is -2.32. The van der Waals surface area contributed by atoms with E-state index in [1.165, 1.54) is 11.1 Å².